The minimum absolute atomic E-state index is 0.0433. The van der Waals surface area contributed by atoms with E-state index in [9.17, 15) is 28.1 Å². The molecule has 35 heavy (non-hydrogen) atoms. The Morgan fingerprint density at radius 3 is 2.57 bits per heavy atom. The van der Waals surface area contributed by atoms with Gasteiger partial charge in [0.25, 0.3) is 11.6 Å². The average molecular weight is 526 g/mol. The molecule has 0 aliphatic rings. The highest BCUT2D eigenvalue weighted by Crippen LogP contribution is 2.35. The number of alkyl halides is 3. The number of amides is 1. The van der Waals surface area contributed by atoms with E-state index >= 15 is 0 Å². The molecule has 2 aromatic carbocycles. The molecule has 1 amide bonds. The number of nitrogens with zero attached hydrogens (tertiary/aromatic N) is 4. The summed E-state index contributed by atoms with van der Waals surface area (Å²) in [4.78, 5) is 27.3. The standard InChI is InChI=1S/C21H12Cl2F3N5O4/c1-35-12-4-2-3-10(7-12)14-9-16(21(24,25)26)30-19(27-14)17(23)18(29-30)20(32)28-15-8-11(31(33)34)5-6-13(15)22/h2-9H,1H3,(H,28,32). The smallest absolute Gasteiger partial charge is 0.433 e. The van der Waals surface area contributed by atoms with Crippen LogP contribution in [0.4, 0.5) is 24.5 Å². The second kappa shape index (κ2) is 9.04. The Kier molecular flexibility index (Phi) is 6.26. The van der Waals surface area contributed by atoms with Gasteiger partial charge in [-0.25, -0.2) is 9.50 Å². The predicted octanol–water partition coefficient (Wildman–Crippen LogP) is 5.89. The van der Waals surface area contributed by atoms with E-state index in [0.29, 0.717) is 15.8 Å². The second-order valence-electron chi connectivity index (χ2n) is 7.03. The van der Waals surface area contributed by atoms with Crippen LogP contribution < -0.4 is 10.1 Å². The Bertz CT molecular complexity index is 1490. The van der Waals surface area contributed by atoms with Crippen molar-refractivity contribution in [3.05, 3.63) is 80.1 Å². The highest BCUT2D eigenvalue weighted by Gasteiger charge is 2.37. The molecule has 0 unspecified atom stereocenters. The lowest BCUT2D eigenvalue weighted by atomic mass is 10.1. The first-order valence-corrected chi connectivity index (χ1v) is 10.3. The molecular weight excluding hydrogens is 514 g/mol. The number of fused-ring (bicyclic) bond motifs is 1. The molecule has 1 N–H and O–H groups in total. The summed E-state index contributed by atoms with van der Waals surface area (Å²) in [6.45, 7) is 0. The predicted molar refractivity (Wildman–Crippen MR) is 121 cm³/mol. The third kappa shape index (κ3) is 4.70. The first kappa shape index (κ1) is 24.2. The number of rotatable bonds is 5. The Morgan fingerprint density at radius 1 is 1.17 bits per heavy atom. The zero-order valence-electron chi connectivity index (χ0n) is 17.4. The van der Waals surface area contributed by atoms with E-state index in [2.05, 4.69) is 15.4 Å². The van der Waals surface area contributed by atoms with Gasteiger partial charge in [0, 0.05) is 17.7 Å². The molecule has 0 saturated heterocycles. The van der Waals surface area contributed by atoms with Crippen LogP contribution in [0.2, 0.25) is 10.0 Å². The molecule has 14 heteroatoms. The number of aromatic nitrogens is 3. The van der Waals surface area contributed by atoms with Gasteiger partial charge in [-0.2, -0.15) is 18.3 Å². The van der Waals surface area contributed by atoms with Gasteiger partial charge in [0.05, 0.1) is 28.4 Å². The van der Waals surface area contributed by atoms with Crippen molar-refractivity contribution in [3.8, 4) is 17.0 Å². The lowest BCUT2D eigenvalue weighted by Gasteiger charge is -2.11. The van der Waals surface area contributed by atoms with E-state index in [0.717, 1.165) is 18.2 Å². The lowest BCUT2D eigenvalue weighted by Crippen LogP contribution is -2.16. The number of ether oxygens (including phenoxy) is 1. The van der Waals surface area contributed by atoms with E-state index in [1.165, 1.54) is 25.3 Å². The number of nitro benzene ring substituents is 1. The molecular formula is C21H12Cl2F3N5O4. The molecule has 0 radical (unpaired) electrons. The zero-order valence-corrected chi connectivity index (χ0v) is 18.9. The number of hydrogen-bond donors (Lipinski definition) is 1. The molecule has 0 bridgehead atoms. The molecule has 4 aromatic rings. The molecule has 0 aliphatic heterocycles. The maximum Gasteiger partial charge on any atom is 0.433 e. The van der Waals surface area contributed by atoms with Gasteiger partial charge in [0.15, 0.2) is 17.0 Å². The third-order valence-corrected chi connectivity index (χ3v) is 5.49. The number of halogens is 5. The van der Waals surface area contributed by atoms with E-state index in [4.69, 9.17) is 27.9 Å². The van der Waals surface area contributed by atoms with Crippen LogP contribution in [0.1, 0.15) is 16.2 Å². The number of carbonyl (C=O) groups is 1. The van der Waals surface area contributed by atoms with Crippen molar-refractivity contribution in [1.29, 1.82) is 0 Å². The van der Waals surface area contributed by atoms with Gasteiger partial charge in [-0.05, 0) is 24.3 Å². The Hall–Kier alpha value is -3.90. The summed E-state index contributed by atoms with van der Waals surface area (Å²) in [5, 5.41) is 16.5. The number of anilines is 1. The number of benzene rings is 2. The van der Waals surface area contributed by atoms with Crippen LogP contribution in [0.5, 0.6) is 5.75 Å². The Labute approximate surface area is 204 Å². The summed E-state index contributed by atoms with van der Waals surface area (Å²) in [5.41, 5.74) is -2.53. The van der Waals surface area contributed by atoms with E-state index < -0.39 is 39.1 Å². The van der Waals surface area contributed by atoms with Crippen molar-refractivity contribution in [3.63, 3.8) is 0 Å². The number of non-ortho nitro benzene ring substituents is 1. The normalized spacial score (nSPS) is 11.5. The fraction of sp³-hybridized carbons (Fsp3) is 0.0952. The molecule has 180 valence electrons. The van der Waals surface area contributed by atoms with Gasteiger partial charge < -0.3 is 10.1 Å². The van der Waals surface area contributed by atoms with Crippen molar-refractivity contribution in [1.82, 2.24) is 14.6 Å². The van der Waals surface area contributed by atoms with Crippen LogP contribution in [0.3, 0.4) is 0 Å². The fourth-order valence-electron chi connectivity index (χ4n) is 3.17. The van der Waals surface area contributed by atoms with Crippen LogP contribution in [-0.2, 0) is 6.18 Å². The third-order valence-electron chi connectivity index (χ3n) is 4.81. The second-order valence-corrected chi connectivity index (χ2v) is 7.81. The maximum atomic E-state index is 13.9. The quantitative estimate of drug-likeness (QED) is 0.256. The zero-order chi connectivity index (χ0) is 25.5. The van der Waals surface area contributed by atoms with Crippen LogP contribution in [-0.4, -0.2) is 32.5 Å². The van der Waals surface area contributed by atoms with Crippen LogP contribution >= 0.6 is 23.2 Å². The summed E-state index contributed by atoms with van der Waals surface area (Å²) < 4.78 is 47.2. The van der Waals surface area contributed by atoms with Gasteiger partial charge in [-0.15, -0.1) is 0 Å². The number of methoxy groups -OCH3 is 1. The number of carbonyl (C=O) groups excluding carboxylic acids is 1. The molecule has 2 aromatic heterocycles. The monoisotopic (exact) mass is 525 g/mol. The lowest BCUT2D eigenvalue weighted by molar-refractivity contribution is -0.384. The first-order chi connectivity index (χ1) is 16.5. The van der Waals surface area contributed by atoms with Crippen molar-refractivity contribution >= 4 is 46.1 Å². The first-order valence-electron chi connectivity index (χ1n) is 9.55. The summed E-state index contributed by atoms with van der Waals surface area (Å²) in [7, 11) is 1.41. The van der Waals surface area contributed by atoms with Gasteiger partial charge in [-0.1, -0.05) is 35.3 Å². The van der Waals surface area contributed by atoms with Gasteiger partial charge >= 0.3 is 6.18 Å². The van der Waals surface area contributed by atoms with Crippen LogP contribution in [0, 0.1) is 10.1 Å². The van der Waals surface area contributed by atoms with Crippen LogP contribution in [0.15, 0.2) is 48.5 Å². The number of hydrogen-bond acceptors (Lipinski definition) is 6. The molecule has 0 spiro atoms. The van der Waals surface area contributed by atoms with E-state index in [-0.39, 0.29) is 22.1 Å². The molecule has 2 heterocycles. The van der Waals surface area contributed by atoms with Gasteiger partial charge in [0.1, 0.15) is 10.8 Å². The summed E-state index contributed by atoms with van der Waals surface area (Å²) >= 11 is 12.2. The molecule has 0 aliphatic carbocycles. The fourth-order valence-corrected chi connectivity index (χ4v) is 3.58. The minimum atomic E-state index is -4.87. The molecule has 0 fully saturated rings. The Morgan fingerprint density at radius 2 is 1.91 bits per heavy atom. The van der Waals surface area contributed by atoms with Crippen molar-refractivity contribution in [2.45, 2.75) is 6.18 Å². The SMILES string of the molecule is COc1cccc(-c2cc(C(F)(F)F)n3nc(C(=O)Nc4cc([N+](=O)[O-])ccc4Cl)c(Cl)c3n2)c1. The largest absolute Gasteiger partial charge is 0.497 e. The van der Waals surface area contributed by atoms with Crippen molar-refractivity contribution < 1.29 is 27.6 Å². The molecule has 0 atom stereocenters. The van der Waals surface area contributed by atoms with E-state index in [1.54, 1.807) is 12.1 Å². The summed E-state index contributed by atoms with van der Waals surface area (Å²) in [6, 6.07) is 10.3. The van der Waals surface area contributed by atoms with Crippen LogP contribution in [0.25, 0.3) is 16.9 Å². The molecule has 4 rings (SSSR count). The topological polar surface area (TPSA) is 112 Å². The Balaban J connectivity index is 1.84. The number of nitrogens with one attached hydrogen (secondary N) is 1. The van der Waals surface area contributed by atoms with Crippen molar-refractivity contribution in [2.24, 2.45) is 0 Å². The van der Waals surface area contributed by atoms with Gasteiger partial charge in [-0.3, -0.25) is 14.9 Å². The average Bonchev–Trinajstić information content (AvgIpc) is 3.15. The molecule has 9 nitrogen and oxygen atoms in total. The van der Waals surface area contributed by atoms with Crippen molar-refractivity contribution in [2.75, 3.05) is 12.4 Å². The van der Waals surface area contributed by atoms with E-state index in [1.807, 2.05) is 0 Å². The minimum Gasteiger partial charge on any atom is -0.497 e. The summed E-state index contributed by atoms with van der Waals surface area (Å²) in [6.07, 6.45) is -4.87. The van der Waals surface area contributed by atoms with Gasteiger partial charge in [0.2, 0.25) is 0 Å². The number of nitro groups is 1. The molecule has 0 saturated carbocycles. The highest BCUT2D eigenvalue weighted by atomic mass is 35.5. The highest BCUT2D eigenvalue weighted by molar-refractivity contribution is 6.37. The summed E-state index contributed by atoms with van der Waals surface area (Å²) in [5.74, 6) is -0.648. The maximum absolute atomic E-state index is 13.9.